The first kappa shape index (κ1) is 13.8. The Morgan fingerprint density at radius 3 is 2.22 bits per heavy atom. The van der Waals surface area contributed by atoms with Gasteiger partial charge in [-0.25, -0.2) is 4.79 Å². The fraction of sp³-hybridized carbons (Fsp3) is 0.333. The highest BCUT2D eigenvalue weighted by Crippen LogP contribution is 2.31. The Bertz CT molecular complexity index is 454. The molecular weight excluding hydrogens is 240 g/mol. The molecule has 0 aromatic heterocycles. The van der Waals surface area contributed by atoms with E-state index in [1.54, 1.807) is 6.07 Å². The standard InChI is InChI=1S/C12H14O6/c1-7(13)18-11(12(14)15)8-4-5-9(16-2)10(6-8)17-3/h4-6,11H,1-3H3,(H,14,15). The number of ether oxygens (including phenoxy) is 3. The molecule has 1 atom stereocenters. The maximum absolute atomic E-state index is 11.0. The molecule has 1 N–H and O–H groups in total. The molecule has 0 bridgehead atoms. The second-order valence-corrected chi connectivity index (χ2v) is 3.44. The number of carboxylic acid groups (broad SMARTS) is 1. The second-order valence-electron chi connectivity index (χ2n) is 3.44. The summed E-state index contributed by atoms with van der Waals surface area (Å²) in [6, 6.07) is 4.51. The Balaban J connectivity index is 3.13. The summed E-state index contributed by atoms with van der Waals surface area (Å²) in [5.41, 5.74) is 0.301. The van der Waals surface area contributed by atoms with Crippen LogP contribution in [-0.2, 0) is 14.3 Å². The van der Waals surface area contributed by atoms with Crippen molar-refractivity contribution >= 4 is 11.9 Å². The van der Waals surface area contributed by atoms with Gasteiger partial charge in [0.25, 0.3) is 0 Å². The van der Waals surface area contributed by atoms with Crippen molar-refractivity contribution in [2.45, 2.75) is 13.0 Å². The molecule has 18 heavy (non-hydrogen) atoms. The highest BCUT2D eigenvalue weighted by molar-refractivity contribution is 5.78. The van der Waals surface area contributed by atoms with E-state index < -0.39 is 18.0 Å². The van der Waals surface area contributed by atoms with E-state index in [0.717, 1.165) is 6.92 Å². The number of carbonyl (C=O) groups excluding carboxylic acids is 1. The number of rotatable bonds is 5. The summed E-state index contributed by atoms with van der Waals surface area (Å²) in [7, 11) is 2.90. The van der Waals surface area contributed by atoms with Gasteiger partial charge in [-0.1, -0.05) is 6.07 Å². The highest BCUT2D eigenvalue weighted by Gasteiger charge is 2.24. The lowest BCUT2D eigenvalue weighted by Gasteiger charge is -2.15. The van der Waals surface area contributed by atoms with Gasteiger partial charge in [-0.2, -0.15) is 0 Å². The van der Waals surface area contributed by atoms with Crippen LogP contribution in [0.25, 0.3) is 0 Å². The van der Waals surface area contributed by atoms with E-state index in [-0.39, 0.29) is 0 Å². The van der Waals surface area contributed by atoms with Crippen LogP contribution in [0.4, 0.5) is 0 Å². The third kappa shape index (κ3) is 3.13. The van der Waals surface area contributed by atoms with Crippen LogP contribution < -0.4 is 9.47 Å². The zero-order valence-electron chi connectivity index (χ0n) is 10.3. The van der Waals surface area contributed by atoms with Crippen molar-refractivity contribution < 1.29 is 28.9 Å². The van der Waals surface area contributed by atoms with Crippen molar-refractivity contribution in [3.05, 3.63) is 23.8 Å². The largest absolute Gasteiger partial charge is 0.493 e. The SMILES string of the molecule is COc1ccc(C(OC(C)=O)C(=O)O)cc1OC. The minimum Gasteiger partial charge on any atom is -0.493 e. The Morgan fingerprint density at radius 2 is 1.78 bits per heavy atom. The molecule has 98 valence electrons. The molecule has 1 rings (SSSR count). The third-order valence-electron chi connectivity index (χ3n) is 2.22. The van der Waals surface area contributed by atoms with Crippen LogP contribution in [0, 0.1) is 0 Å². The Kier molecular flexibility index (Phi) is 4.53. The first-order valence-electron chi connectivity index (χ1n) is 5.11. The maximum atomic E-state index is 11.0. The minimum absolute atomic E-state index is 0.301. The van der Waals surface area contributed by atoms with E-state index >= 15 is 0 Å². The van der Waals surface area contributed by atoms with Crippen molar-refractivity contribution in [2.24, 2.45) is 0 Å². The summed E-state index contributed by atoms with van der Waals surface area (Å²) in [5, 5.41) is 9.02. The number of benzene rings is 1. The molecule has 0 aliphatic rings. The lowest BCUT2D eigenvalue weighted by Crippen LogP contribution is -2.17. The highest BCUT2D eigenvalue weighted by atomic mass is 16.6. The summed E-state index contributed by atoms with van der Waals surface area (Å²) in [6.07, 6.45) is -1.36. The molecule has 0 heterocycles. The van der Waals surface area contributed by atoms with Crippen LogP contribution in [-0.4, -0.2) is 31.3 Å². The van der Waals surface area contributed by atoms with Crippen molar-refractivity contribution in [3.8, 4) is 11.5 Å². The molecule has 1 unspecified atom stereocenters. The molecule has 0 aliphatic heterocycles. The summed E-state index contributed by atoms with van der Waals surface area (Å²) >= 11 is 0. The Morgan fingerprint density at radius 1 is 1.17 bits per heavy atom. The minimum atomic E-state index is -1.36. The van der Waals surface area contributed by atoms with E-state index in [1.807, 2.05) is 0 Å². The van der Waals surface area contributed by atoms with Gasteiger partial charge < -0.3 is 19.3 Å². The molecule has 0 fully saturated rings. The zero-order valence-corrected chi connectivity index (χ0v) is 10.3. The van der Waals surface area contributed by atoms with Crippen molar-refractivity contribution in [1.82, 2.24) is 0 Å². The van der Waals surface area contributed by atoms with E-state index in [1.165, 1.54) is 26.4 Å². The summed E-state index contributed by atoms with van der Waals surface area (Å²) in [5.74, 6) is -1.09. The average molecular weight is 254 g/mol. The monoisotopic (exact) mass is 254 g/mol. The van der Waals surface area contributed by atoms with Crippen LogP contribution in [0.1, 0.15) is 18.6 Å². The molecule has 0 radical (unpaired) electrons. The number of carbonyl (C=O) groups is 2. The van der Waals surface area contributed by atoms with Crippen molar-refractivity contribution in [3.63, 3.8) is 0 Å². The number of hydrogen-bond donors (Lipinski definition) is 1. The first-order chi connectivity index (χ1) is 8.49. The molecular formula is C12H14O6. The maximum Gasteiger partial charge on any atom is 0.349 e. The predicted octanol–water partition coefficient (Wildman–Crippen LogP) is 1.39. The second kappa shape index (κ2) is 5.90. The summed E-state index contributed by atoms with van der Waals surface area (Å²) in [4.78, 5) is 21.9. The normalized spacial score (nSPS) is 11.5. The van der Waals surface area contributed by atoms with Gasteiger partial charge in [0.05, 0.1) is 14.2 Å². The van der Waals surface area contributed by atoms with Gasteiger partial charge >= 0.3 is 11.9 Å². The number of methoxy groups -OCH3 is 2. The number of aliphatic carboxylic acids is 1. The van der Waals surface area contributed by atoms with Gasteiger partial charge in [0.1, 0.15) is 0 Å². The van der Waals surface area contributed by atoms with Crippen LogP contribution in [0.2, 0.25) is 0 Å². The predicted molar refractivity (Wildman–Crippen MR) is 61.7 cm³/mol. The molecule has 1 aromatic carbocycles. The topological polar surface area (TPSA) is 82.1 Å². The number of carboxylic acids is 1. The van der Waals surface area contributed by atoms with Crippen molar-refractivity contribution in [1.29, 1.82) is 0 Å². The van der Waals surface area contributed by atoms with Crippen molar-refractivity contribution in [2.75, 3.05) is 14.2 Å². The zero-order chi connectivity index (χ0) is 13.7. The number of esters is 1. The molecule has 0 amide bonds. The van der Waals surface area contributed by atoms with Gasteiger partial charge in [-0.3, -0.25) is 4.79 Å². The van der Waals surface area contributed by atoms with Crippen LogP contribution in [0.5, 0.6) is 11.5 Å². The van der Waals surface area contributed by atoms with Gasteiger partial charge in [0.15, 0.2) is 11.5 Å². The summed E-state index contributed by atoms with van der Waals surface area (Å²) < 4.78 is 14.8. The van der Waals surface area contributed by atoms with Crippen LogP contribution in [0.15, 0.2) is 18.2 Å². The number of hydrogen-bond acceptors (Lipinski definition) is 5. The lowest BCUT2D eigenvalue weighted by molar-refractivity contribution is -0.163. The summed E-state index contributed by atoms with van der Waals surface area (Å²) in [6.45, 7) is 1.15. The quantitative estimate of drug-likeness (QED) is 0.799. The molecule has 0 spiro atoms. The van der Waals surface area contributed by atoms with Gasteiger partial charge in [-0.15, -0.1) is 0 Å². The fourth-order valence-electron chi connectivity index (χ4n) is 1.44. The average Bonchev–Trinajstić information content (AvgIpc) is 2.34. The molecule has 0 saturated carbocycles. The van der Waals surface area contributed by atoms with Gasteiger partial charge in [-0.05, 0) is 12.1 Å². The third-order valence-corrected chi connectivity index (χ3v) is 2.22. The van der Waals surface area contributed by atoms with E-state index in [0.29, 0.717) is 17.1 Å². The smallest absolute Gasteiger partial charge is 0.349 e. The molecule has 0 aliphatic carbocycles. The Hall–Kier alpha value is -2.24. The first-order valence-corrected chi connectivity index (χ1v) is 5.11. The van der Waals surface area contributed by atoms with E-state index in [2.05, 4.69) is 0 Å². The molecule has 1 aromatic rings. The van der Waals surface area contributed by atoms with Crippen LogP contribution >= 0.6 is 0 Å². The molecule has 6 heteroatoms. The molecule has 0 saturated heterocycles. The van der Waals surface area contributed by atoms with Crippen LogP contribution in [0.3, 0.4) is 0 Å². The Labute approximate surface area is 104 Å². The van der Waals surface area contributed by atoms with E-state index in [9.17, 15) is 9.59 Å². The van der Waals surface area contributed by atoms with Gasteiger partial charge in [0, 0.05) is 12.5 Å². The lowest BCUT2D eigenvalue weighted by atomic mass is 10.1. The fourth-order valence-corrected chi connectivity index (χ4v) is 1.44. The molecule has 6 nitrogen and oxygen atoms in total. The van der Waals surface area contributed by atoms with Gasteiger partial charge in [0.2, 0.25) is 6.10 Å². The van der Waals surface area contributed by atoms with E-state index in [4.69, 9.17) is 19.3 Å².